The molecule has 2 saturated heterocycles. The third-order valence-electron chi connectivity index (χ3n) is 5.07. The van der Waals surface area contributed by atoms with E-state index < -0.39 is 18.0 Å². The van der Waals surface area contributed by atoms with Crippen molar-refractivity contribution in [2.75, 3.05) is 36.0 Å². The van der Waals surface area contributed by atoms with E-state index in [-0.39, 0.29) is 24.7 Å². The molecule has 0 bridgehead atoms. The summed E-state index contributed by atoms with van der Waals surface area (Å²) in [5.74, 6) is -0.687. The number of hydrogen-bond donors (Lipinski definition) is 2. The van der Waals surface area contributed by atoms with Gasteiger partial charge in [0.05, 0.1) is 24.5 Å². The normalized spacial score (nSPS) is 18.5. The lowest BCUT2D eigenvalue weighted by Gasteiger charge is -2.31. The zero-order chi connectivity index (χ0) is 21.7. The molecule has 2 N–H and O–H groups in total. The van der Waals surface area contributed by atoms with Crippen LogP contribution in [-0.4, -0.2) is 50.7 Å². The monoisotopic (exact) mass is 415 g/mol. The van der Waals surface area contributed by atoms with Crippen LogP contribution in [0.4, 0.5) is 20.6 Å². The van der Waals surface area contributed by atoms with E-state index in [0.29, 0.717) is 43.7 Å². The zero-order valence-electron chi connectivity index (χ0n) is 16.5. The Morgan fingerprint density at radius 2 is 2.13 bits per heavy atom. The van der Waals surface area contributed by atoms with Gasteiger partial charge in [-0.25, -0.2) is 9.18 Å². The Balaban J connectivity index is 1.67. The molecule has 3 rings (SSSR count). The molecule has 0 aromatic heterocycles. The molecule has 1 unspecified atom stereocenters. The van der Waals surface area contributed by atoms with Gasteiger partial charge >= 0.3 is 6.09 Å². The van der Waals surface area contributed by atoms with Gasteiger partial charge in [0.2, 0.25) is 12.3 Å². The second-order valence-electron chi connectivity index (χ2n) is 7.03. The molecular formula is C20H22FN5O4. The molecule has 1 atom stereocenters. The summed E-state index contributed by atoms with van der Waals surface area (Å²) in [6, 6.07) is 6.53. The Morgan fingerprint density at radius 3 is 2.73 bits per heavy atom. The average Bonchev–Trinajstić information content (AvgIpc) is 3.11. The number of ether oxygens (including phenoxy) is 1. The summed E-state index contributed by atoms with van der Waals surface area (Å²) in [5.41, 5.74) is 1.87. The molecular weight excluding hydrogens is 393 g/mol. The second-order valence-corrected chi connectivity index (χ2v) is 7.03. The predicted octanol–water partition coefficient (Wildman–Crippen LogP) is 1.41. The molecule has 3 amide bonds. The molecule has 2 aliphatic heterocycles. The van der Waals surface area contributed by atoms with Crippen molar-refractivity contribution >= 4 is 29.8 Å². The molecule has 2 aliphatic rings. The molecule has 0 aliphatic carbocycles. The van der Waals surface area contributed by atoms with Gasteiger partial charge in [0.25, 0.3) is 0 Å². The molecule has 10 heteroatoms. The average molecular weight is 415 g/mol. The number of benzene rings is 1. The maximum Gasteiger partial charge on any atom is 0.414 e. The number of hydrogen-bond acceptors (Lipinski definition) is 6. The highest BCUT2D eigenvalue weighted by molar-refractivity contribution is 5.90. The standard InChI is InChI=1S/C20H22FN5O4/c1-13(28)23-10-16-11-26(20(29)30-16)15-2-3-19(17(21)8-15)25-6-4-14(5-7-25)18(9-22)24-12-27/h2-3,8,12,16H,4-7,10-11H2,1H3,(H,23,28)(H,24,27). The molecule has 0 saturated carbocycles. The van der Waals surface area contributed by atoms with Crippen molar-refractivity contribution in [2.45, 2.75) is 25.9 Å². The fraction of sp³-hybridized carbons (Fsp3) is 0.400. The van der Waals surface area contributed by atoms with Crippen LogP contribution in [0.3, 0.4) is 0 Å². The largest absolute Gasteiger partial charge is 0.442 e. The van der Waals surface area contributed by atoms with Gasteiger partial charge in [-0.3, -0.25) is 14.5 Å². The van der Waals surface area contributed by atoms with E-state index in [1.54, 1.807) is 12.1 Å². The van der Waals surface area contributed by atoms with Crippen LogP contribution in [0, 0.1) is 17.1 Å². The van der Waals surface area contributed by atoms with Gasteiger partial charge in [-0.05, 0) is 36.6 Å². The van der Waals surface area contributed by atoms with Crippen molar-refractivity contribution in [3.8, 4) is 6.07 Å². The third-order valence-corrected chi connectivity index (χ3v) is 5.07. The number of allylic oxidation sites excluding steroid dienone is 1. The Bertz CT molecular complexity index is 916. The minimum absolute atomic E-state index is 0.200. The van der Waals surface area contributed by atoms with E-state index in [4.69, 9.17) is 10.00 Å². The number of anilines is 2. The number of nitrogens with zero attached hydrogens (tertiary/aromatic N) is 3. The number of cyclic esters (lactones) is 1. The molecule has 9 nitrogen and oxygen atoms in total. The van der Waals surface area contributed by atoms with Crippen LogP contribution in [0.25, 0.3) is 0 Å². The van der Waals surface area contributed by atoms with Crippen molar-refractivity contribution in [1.82, 2.24) is 10.6 Å². The van der Waals surface area contributed by atoms with Crippen LogP contribution >= 0.6 is 0 Å². The van der Waals surface area contributed by atoms with Crippen LogP contribution < -0.4 is 20.4 Å². The summed E-state index contributed by atoms with van der Waals surface area (Å²) < 4.78 is 20.0. The van der Waals surface area contributed by atoms with E-state index in [0.717, 1.165) is 5.57 Å². The Labute approximate surface area is 173 Å². The number of piperidine rings is 1. The van der Waals surface area contributed by atoms with Crippen LogP contribution in [0.1, 0.15) is 19.8 Å². The fourth-order valence-electron chi connectivity index (χ4n) is 3.56. The van der Waals surface area contributed by atoms with Gasteiger partial charge in [-0.1, -0.05) is 0 Å². The first kappa shape index (κ1) is 21.1. The second kappa shape index (κ2) is 9.26. The molecule has 1 aromatic rings. The first-order valence-corrected chi connectivity index (χ1v) is 9.52. The van der Waals surface area contributed by atoms with Gasteiger partial charge < -0.3 is 20.3 Å². The predicted molar refractivity (Wildman–Crippen MR) is 106 cm³/mol. The first-order chi connectivity index (χ1) is 14.4. The van der Waals surface area contributed by atoms with E-state index in [9.17, 15) is 18.8 Å². The van der Waals surface area contributed by atoms with Crippen LogP contribution in [0.2, 0.25) is 0 Å². The van der Waals surface area contributed by atoms with E-state index in [2.05, 4.69) is 10.6 Å². The summed E-state index contributed by atoms with van der Waals surface area (Å²) >= 11 is 0. The van der Waals surface area contributed by atoms with Gasteiger partial charge in [0, 0.05) is 20.0 Å². The van der Waals surface area contributed by atoms with E-state index >= 15 is 0 Å². The van der Waals surface area contributed by atoms with Crippen LogP contribution in [0.5, 0.6) is 0 Å². The van der Waals surface area contributed by atoms with Crippen molar-refractivity contribution < 1.29 is 23.5 Å². The number of rotatable bonds is 6. The summed E-state index contributed by atoms with van der Waals surface area (Å²) in [7, 11) is 0. The number of nitrogens with one attached hydrogen (secondary N) is 2. The lowest BCUT2D eigenvalue weighted by Crippen LogP contribution is -2.33. The van der Waals surface area contributed by atoms with Crippen molar-refractivity contribution in [1.29, 1.82) is 5.26 Å². The SMILES string of the molecule is CC(=O)NCC1CN(c2ccc(N3CCC(=C(C#N)NC=O)CC3)c(F)c2)C(=O)O1. The highest BCUT2D eigenvalue weighted by Gasteiger charge is 2.33. The Kier molecular flexibility index (Phi) is 6.51. The molecule has 158 valence electrons. The van der Waals surface area contributed by atoms with Gasteiger partial charge in [-0.15, -0.1) is 0 Å². The first-order valence-electron chi connectivity index (χ1n) is 9.52. The number of amides is 3. The van der Waals surface area contributed by atoms with Gasteiger partial charge in [0.1, 0.15) is 23.7 Å². The maximum atomic E-state index is 14.8. The molecule has 2 heterocycles. The number of carbonyl (C=O) groups excluding carboxylic acids is 3. The van der Waals surface area contributed by atoms with Gasteiger partial charge in [0.15, 0.2) is 0 Å². The zero-order valence-corrected chi connectivity index (χ0v) is 16.5. The Morgan fingerprint density at radius 1 is 1.40 bits per heavy atom. The van der Waals surface area contributed by atoms with Crippen LogP contribution in [0.15, 0.2) is 29.5 Å². The summed E-state index contributed by atoms with van der Waals surface area (Å²) in [6.45, 7) is 2.80. The highest BCUT2D eigenvalue weighted by atomic mass is 19.1. The van der Waals surface area contributed by atoms with Crippen molar-refractivity contribution in [2.24, 2.45) is 0 Å². The summed E-state index contributed by atoms with van der Waals surface area (Å²) in [4.78, 5) is 36.9. The number of nitriles is 1. The summed E-state index contributed by atoms with van der Waals surface area (Å²) in [5, 5.41) is 14.1. The number of carbonyl (C=O) groups is 3. The minimum Gasteiger partial charge on any atom is -0.442 e. The van der Waals surface area contributed by atoms with Crippen molar-refractivity contribution in [3.63, 3.8) is 0 Å². The molecule has 30 heavy (non-hydrogen) atoms. The lowest BCUT2D eigenvalue weighted by molar-refractivity contribution is -0.119. The molecule has 1 aromatic carbocycles. The quantitative estimate of drug-likeness (QED) is 0.536. The third kappa shape index (κ3) is 4.68. The number of halogens is 1. The lowest BCUT2D eigenvalue weighted by atomic mass is 10.0. The van der Waals surface area contributed by atoms with Crippen LogP contribution in [-0.2, 0) is 14.3 Å². The highest BCUT2D eigenvalue weighted by Crippen LogP contribution is 2.30. The minimum atomic E-state index is -0.586. The maximum absolute atomic E-state index is 14.8. The van der Waals surface area contributed by atoms with E-state index in [1.165, 1.54) is 17.9 Å². The summed E-state index contributed by atoms with van der Waals surface area (Å²) in [6.07, 6.45) is 0.464. The molecule has 0 spiro atoms. The fourth-order valence-corrected chi connectivity index (χ4v) is 3.56. The molecule has 0 radical (unpaired) electrons. The van der Waals surface area contributed by atoms with Gasteiger partial charge in [-0.2, -0.15) is 5.26 Å². The topological polar surface area (TPSA) is 115 Å². The van der Waals surface area contributed by atoms with E-state index in [1.807, 2.05) is 11.0 Å². The van der Waals surface area contributed by atoms with Crippen molar-refractivity contribution in [3.05, 3.63) is 35.3 Å². The smallest absolute Gasteiger partial charge is 0.414 e. The Hall–Kier alpha value is -3.61. The molecule has 2 fully saturated rings.